The third-order valence-corrected chi connectivity index (χ3v) is 41.1. The lowest BCUT2D eigenvalue weighted by Crippen LogP contribution is -2.50. The first kappa shape index (κ1) is 90.5. The Labute approximate surface area is 875 Å². The van der Waals surface area contributed by atoms with E-state index in [1.165, 1.54) is 186 Å². The van der Waals surface area contributed by atoms with Crippen molar-refractivity contribution in [1.82, 2.24) is 43.6 Å². The Morgan fingerprint density at radius 2 is 0.360 bits per heavy atom. The molecule has 0 spiro atoms. The van der Waals surface area contributed by atoms with E-state index in [1.807, 2.05) is 18.2 Å². The van der Waals surface area contributed by atoms with E-state index < -0.39 is 24.2 Å². The Kier molecular flexibility index (Phi) is 22.1. The van der Waals surface area contributed by atoms with Gasteiger partial charge >= 0.3 is 0 Å². The summed E-state index contributed by atoms with van der Waals surface area (Å²) in [6.07, 6.45) is 0. The minimum absolute atomic E-state index is 0.789. The molecule has 6 aromatic heterocycles. The first-order valence-corrected chi connectivity index (χ1v) is 60.7. The molecular weight excluding hydrogens is 1870 g/mol. The Morgan fingerprint density at radius 3 is 0.653 bits per heavy atom. The molecule has 0 saturated heterocycles. The first-order chi connectivity index (χ1) is 73.7. The molecule has 3 aliphatic heterocycles. The van der Waals surface area contributed by atoms with Crippen LogP contribution in [0.2, 0.25) is 39.3 Å². The summed E-state index contributed by atoms with van der Waals surface area (Å²) >= 11 is 0. The van der Waals surface area contributed by atoms with Gasteiger partial charge in [0, 0.05) is 115 Å². The molecule has 0 saturated carbocycles. The van der Waals surface area contributed by atoms with Gasteiger partial charge in [0.05, 0.1) is 50.2 Å². The highest BCUT2D eigenvalue weighted by Crippen LogP contribution is 2.47. The minimum Gasteiger partial charge on any atom is -0.309 e. The molecule has 710 valence electrons. The molecular formula is C138H101N9Si3. The van der Waals surface area contributed by atoms with E-state index in [0.717, 1.165) is 84.7 Å². The third-order valence-electron chi connectivity index (χ3n) is 31.1. The summed E-state index contributed by atoms with van der Waals surface area (Å²) in [5.41, 5.74) is 39.5. The molecule has 0 unspecified atom stereocenters. The van der Waals surface area contributed by atoms with Crippen molar-refractivity contribution in [2.75, 3.05) is 0 Å². The van der Waals surface area contributed by atoms with Crippen molar-refractivity contribution in [2.45, 2.75) is 39.3 Å². The predicted octanol–water partition coefficient (Wildman–Crippen LogP) is 31.5. The van der Waals surface area contributed by atoms with Gasteiger partial charge in [-0.25, -0.2) is 29.9 Å². The van der Waals surface area contributed by atoms with Crippen molar-refractivity contribution in [3.8, 4) is 174 Å². The molecule has 12 heteroatoms. The molecule has 150 heavy (non-hydrogen) atoms. The monoisotopic (exact) mass is 1970 g/mol. The zero-order valence-electron chi connectivity index (χ0n) is 83.9. The summed E-state index contributed by atoms with van der Waals surface area (Å²) in [6, 6.07) is 181. The number of aromatic nitrogens is 9. The van der Waals surface area contributed by atoms with Crippen LogP contribution >= 0.6 is 0 Å². The zero-order valence-corrected chi connectivity index (χ0v) is 86.9. The van der Waals surface area contributed by atoms with Crippen molar-refractivity contribution >= 4 is 121 Å². The Hall–Kier alpha value is -18.3. The summed E-state index contributed by atoms with van der Waals surface area (Å²) in [5.74, 6) is 2.37. The van der Waals surface area contributed by atoms with E-state index in [4.69, 9.17) is 29.9 Å². The third kappa shape index (κ3) is 15.5. The van der Waals surface area contributed by atoms with Gasteiger partial charge in [0.2, 0.25) is 0 Å². The SMILES string of the molecule is C[Si]1(C)c2ccccc2-c2c(-c3cccc(-c4ccc5c(c4)c4cc(-c6ccccc6)ccc4n5-c4ccccc4)c3)nc(-c3ccccc3)nc21.C[Si]1(C)c2ccccc2-c2c(-c3cccc(-c4ccc5c(c4)c4ccccc4n5-c4ccccc4)c3)nc(-c3ccccc3)nc21.C[Si]1(C)c2ccccc2-c2c(-c3cccc(-c4cccc(-c5ccc6c(c5)c5ccccc5n6-c5ccccc5)c4)c3)nc(-c3ccccc3)nc21. The normalized spacial score (nSPS) is 13.0. The average Bonchev–Trinajstić information content (AvgIpc) is 1.84. The average molecular weight is 1970 g/mol. The topological polar surface area (TPSA) is 92.1 Å². The van der Waals surface area contributed by atoms with Crippen LogP contribution in [0, 0.1) is 0 Å². The highest BCUT2D eigenvalue weighted by Gasteiger charge is 2.45. The van der Waals surface area contributed by atoms with Crippen LogP contribution < -0.4 is 31.5 Å². The van der Waals surface area contributed by atoms with Crippen molar-refractivity contribution in [3.63, 3.8) is 0 Å². The van der Waals surface area contributed by atoms with E-state index in [9.17, 15) is 0 Å². The maximum Gasteiger partial charge on any atom is 0.159 e. The molecule has 0 amide bonds. The van der Waals surface area contributed by atoms with Crippen molar-refractivity contribution in [1.29, 1.82) is 0 Å². The Morgan fingerprint density at radius 1 is 0.153 bits per heavy atom. The quantitative estimate of drug-likeness (QED) is 0.101. The highest BCUT2D eigenvalue weighted by molar-refractivity contribution is 7.04. The second-order valence-corrected chi connectivity index (χ2v) is 53.9. The summed E-state index contributed by atoms with van der Waals surface area (Å²) in [4.78, 5) is 31.9. The predicted molar refractivity (Wildman–Crippen MR) is 635 cm³/mol. The van der Waals surface area contributed by atoms with Gasteiger partial charge in [-0.2, -0.15) is 0 Å². The lowest BCUT2D eigenvalue weighted by molar-refractivity contribution is 1.18. The van der Waals surface area contributed by atoms with Gasteiger partial charge in [-0.05, 0) is 209 Å². The fraction of sp³-hybridized carbons (Fsp3) is 0.0435. The van der Waals surface area contributed by atoms with Gasteiger partial charge in [0.15, 0.2) is 17.5 Å². The lowest BCUT2D eigenvalue weighted by atomic mass is 9.95. The molecule has 0 aliphatic carbocycles. The van der Waals surface area contributed by atoms with E-state index in [2.05, 4.69) is 538 Å². The van der Waals surface area contributed by atoms with E-state index in [1.54, 1.807) is 0 Å². The summed E-state index contributed by atoms with van der Waals surface area (Å²) < 4.78 is 7.12. The minimum atomic E-state index is -2.05. The van der Waals surface area contributed by atoms with Crippen LogP contribution in [0.3, 0.4) is 0 Å². The van der Waals surface area contributed by atoms with Crippen molar-refractivity contribution < 1.29 is 0 Å². The largest absolute Gasteiger partial charge is 0.309 e. The molecule has 3 aliphatic rings. The van der Waals surface area contributed by atoms with Gasteiger partial charge < -0.3 is 13.7 Å². The van der Waals surface area contributed by atoms with Crippen LogP contribution in [0.1, 0.15) is 0 Å². The summed E-state index contributed by atoms with van der Waals surface area (Å²) in [5, 5.41) is 15.4. The number of fused-ring (bicyclic) bond motifs is 18. The second-order valence-electron chi connectivity index (χ2n) is 41.1. The highest BCUT2D eigenvalue weighted by atomic mass is 28.3. The number of benzene rings is 20. The maximum absolute atomic E-state index is 5.36. The van der Waals surface area contributed by atoms with Gasteiger partial charge in [-0.1, -0.05) is 421 Å². The number of para-hydroxylation sites is 5. The van der Waals surface area contributed by atoms with E-state index >= 15 is 0 Å². The molecule has 20 aromatic carbocycles. The van der Waals surface area contributed by atoms with Gasteiger partial charge in [-0.3, -0.25) is 0 Å². The molecule has 0 bridgehead atoms. The first-order valence-electron chi connectivity index (χ1n) is 51.7. The molecule has 26 aromatic rings. The van der Waals surface area contributed by atoms with Crippen LogP contribution in [0.4, 0.5) is 0 Å². The fourth-order valence-corrected chi connectivity index (χ4v) is 32.4. The fourth-order valence-electron chi connectivity index (χ4n) is 23.7. The van der Waals surface area contributed by atoms with E-state index in [-0.39, 0.29) is 0 Å². The zero-order chi connectivity index (χ0) is 100. The van der Waals surface area contributed by atoms with Crippen LogP contribution in [0.25, 0.3) is 239 Å². The maximum atomic E-state index is 5.36. The van der Waals surface area contributed by atoms with Crippen molar-refractivity contribution in [2.24, 2.45) is 0 Å². The molecule has 0 N–H and O–H groups in total. The van der Waals surface area contributed by atoms with Crippen LogP contribution in [0.15, 0.2) is 504 Å². The number of hydrogen-bond acceptors (Lipinski definition) is 6. The molecule has 9 nitrogen and oxygen atoms in total. The molecule has 0 radical (unpaired) electrons. The molecule has 29 rings (SSSR count). The van der Waals surface area contributed by atoms with Crippen LogP contribution in [0.5, 0.6) is 0 Å². The van der Waals surface area contributed by atoms with E-state index in [0.29, 0.717) is 0 Å². The molecule has 9 heterocycles. The molecule has 0 atom stereocenters. The summed E-state index contributed by atoms with van der Waals surface area (Å²) in [6.45, 7) is 14.5. The van der Waals surface area contributed by atoms with Gasteiger partial charge in [0.25, 0.3) is 0 Å². The second kappa shape index (κ2) is 36.7. The Bertz CT molecular complexity index is 9850. The Balaban J connectivity index is 0.000000111. The number of rotatable bonds is 14. The smallest absolute Gasteiger partial charge is 0.159 e. The van der Waals surface area contributed by atoms with Crippen LogP contribution in [-0.4, -0.2) is 67.8 Å². The standard InChI is InChI=1S/2C48H35N3Si.C42H31N3Si/c1-52(2)44-24-13-12-23-39(44)45-46(49-47(50-48(45)52)33-17-8-4-9-18-33)37-20-14-19-34(29-37)36-26-28-43-41(31-36)40-30-35(32-15-6-3-7-16-32)25-27-42(40)51(43)38-21-10-5-11-22-38;1-52(2)44-26-12-10-24-40(44)45-46(49-47(50-48(45)52)32-15-5-3-6-16-32)37-20-14-19-35(30-37)33-17-13-18-34(29-33)36-27-28-43-41(31-36)39-23-9-11-25-42(39)51(43)38-21-7-4-8-22-38;1-46(2)38-23-12-10-21-34(38)39-40(43-41(44-42(39)46)28-14-5-3-6-15-28)31-17-13-16-29(26-31)30-24-25-37-35(27-30)33-20-9-11-22-36(33)45(37)32-18-7-4-8-19-32/h2*3-31H,1-2H3;3-27H,1-2H3. The van der Waals surface area contributed by atoms with Gasteiger partial charge in [-0.15, -0.1) is 0 Å². The number of nitrogens with zero attached hydrogens (tertiary/aromatic N) is 9. The van der Waals surface area contributed by atoms with Crippen molar-refractivity contribution in [3.05, 3.63) is 504 Å². The van der Waals surface area contributed by atoms with Crippen LogP contribution in [-0.2, 0) is 0 Å². The lowest BCUT2D eigenvalue weighted by Gasteiger charge is -2.19. The van der Waals surface area contributed by atoms with Gasteiger partial charge in [0.1, 0.15) is 24.2 Å². The molecule has 0 fully saturated rings. The summed E-state index contributed by atoms with van der Waals surface area (Å²) in [7, 11) is -6.12. The number of hydrogen-bond donors (Lipinski definition) is 0.